The maximum Gasteiger partial charge on any atom is -0.0105 e. The van der Waals surface area contributed by atoms with Gasteiger partial charge in [0.15, 0.2) is 0 Å². The molecule has 0 aliphatic carbocycles. The molecule has 0 aliphatic heterocycles. The largest absolute Gasteiger partial charge is 0.0990 e. The van der Waals surface area contributed by atoms with Crippen LogP contribution in [0.1, 0.15) is 5.56 Å². The van der Waals surface area contributed by atoms with Crippen LogP contribution < -0.4 is 0 Å². The van der Waals surface area contributed by atoms with Crippen LogP contribution in [0.4, 0.5) is 0 Å². The van der Waals surface area contributed by atoms with Crippen molar-refractivity contribution in [2.24, 2.45) is 0 Å². The van der Waals surface area contributed by atoms with E-state index in [1.165, 1.54) is 77.2 Å². The molecule has 0 unspecified atom stereocenters. The summed E-state index contributed by atoms with van der Waals surface area (Å²) in [5.41, 5.74) is 14.2. The summed E-state index contributed by atoms with van der Waals surface area (Å²) in [6.45, 7) is 8.00. The van der Waals surface area contributed by atoms with Gasteiger partial charge in [0, 0.05) is 0 Å². The van der Waals surface area contributed by atoms with Crippen LogP contribution in [-0.4, -0.2) is 0 Å². The van der Waals surface area contributed by atoms with E-state index in [4.69, 9.17) is 0 Å². The van der Waals surface area contributed by atoms with Crippen LogP contribution in [0.2, 0.25) is 0 Å². The van der Waals surface area contributed by atoms with E-state index < -0.39 is 0 Å². The van der Waals surface area contributed by atoms with Crippen molar-refractivity contribution >= 4 is 27.1 Å². The molecule has 0 aromatic heterocycles. The fourth-order valence-corrected chi connectivity index (χ4v) is 6.99. The summed E-state index contributed by atoms with van der Waals surface area (Å²) in [6, 6.07) is 63.8. The van der Waals surface area contributed by atoms with Gasteiger partial charge in [0.25, 0.3) is 0 Å². The zero-order chi connectivity index (χ0) is 33.9. The molecule has 50 heavy (non-hydrogen) atoms. The minimum Gasteiger partial charge on any atom is -0.0990 e. The second-order valence-corrected chi connectivity index (χ2v) is 12.7. The smallest absolute Gasteiger partial charge is 0.0105 e. The van der Waals surface area contributed by atoms with Gasteiger partial charge in [0.05, 0.1) is 0 Å². The Hall–Kier alpha value is -6.50. The van der Waals surface area contributed by atoms with Gasteiger partial charge in [-0.25, -0.2) is 0 Å². The van der Waals surface area contributed by atoms with E-state index in [1.807, 2.05) is 18.2 Å². The molecule has 8 aromatic rings. The first kappa shape index (κ1) is 30.8. The van der Waals surface area contributed by atoms with Crippen molar-refractivity contribution < 1.29 is 0 Å². The second-order valence-electron chi connectivity index (χ2n) is 12.7. The van der Waals surface area contributed by atoms with Gasteiger partial charge < -0.3 is 0 Å². The third kappa shape index (κ3) is 6.12. The number of hydrogen-bond acceptors (Lipinski definition) is 0. The topological polar surface area (TPSA) is 0 Å². The lowest BCUT2D eigenvalue weighted by Gasteiger charge is -2.14. The van der Waals surface area contributed by atoms with Crippen LogP contribution in [-0.2, 0) is 0 Å². The Kier molecular flexibility index (Phi) is 8.35. The molecule has 0 amide bonds. The first-order valence-electron chi connectivity index (χ1n) is 17.1. The minimum atomic E-state index is 1.05. The second kappa shape index (κ2) is 13.5. The summed E-state index contributed by atoms with van der Waals surface area (Å²) in [6.07, 6.45) is 5.74. The number of hydrogen-bond donors (Lipinski definition) is 0. The van der Waals surface area contributed by atoms with Crippen molar-refractivity contribution in [1.82, 2.24) is 0 Å². The molecule has 8 aromatic carbocycles. The quantitative estimate of drug-likeness (QED) is 0.115. The highest BCUT2D eigenvalue weighted by molar-refractivity contribution is 6.09. The fourth-order valence-electron chi connectivity index (χ4n) is 6.99. The normalized spacial score (nSPS) is 11.5. The molecule has 0 saturated carbocycles. The maximum absolute atomic E-state index is 4.08. The predicted octanol–water partition coefficient (Wildman–Crippen LogP) is 14.1. The molecule has 0 bridgehead atoms. The molecule has 0 spiro atoms. The maximum atomic E-state index is 4.08. The van der Waals surface area contributed by atoms with Crippen molar-refractivity contribution in [3.63, 3.8) is 0 Å². The lowest BCUT2D eigenvalue weighted by atomic mass is 9.90. The molecule has 0 nitrogen and oxygen atoms in total. The van der Waals surface area contributed by atoms with Crippen LogP contribution in [0.15, 0.2) is 207 Å². The molecular formula is C50H36. The molecular weight excluding hydrogens is 601 g/mol. The Morgan fingerprint density at radius 3 is 1.12 bits per heavy atom. The average Bonchev–Trinajstić information content (AvgIpc) is 3.20. The first-order valence-corrected chi connectivity index (χ1v) is 17.1. The molecule has 0 fully saturated rings. The van der Waals surface area contributed by atoms with Crippen LogP contribution >= 0.6 is 0 Å². The van der Waals surface area contributed by atoms with Gasteiger partial charge in [0.1, 0.15) is 0 Å². The van der Waals surface area contributed by atoms with Crippen LogP contribution in [0.5, 0.6) is 0 Å². The van der Waals surface area contributed by atoms with Crippen molar-refractivity contribution in [3.05, 3.63) is 213 Å². The van der Waals surface area contributed by atoms with Crippen molar-refractivity contribution in [2.75, 3.05) is 0 Å². The average molecular weight is 637 g/mol. The van der Waals surface area contributed by atoms with E-state index in [-0.39, 0.29) is 0 Å². The number of allylic oxidation sites excluding steroid dienone is 4. The number of benzene rings is 8. The highest BCUT2D eigenvalue weighted by Crippen LogP contribution is 2.37. The molecule has 0 heteroatoms. The third-order valence-corrected chi connectivity index (χ3v) is 9.54. The molecule has 0 saturated heterocycles. The third-order valence-electron chi connectivity index (χ3n) is 9.54. The Labute approximate surface area is 294 Å². The van der Waals surface area contributed by atoms with Crippen LogP contribution in [0.3, 0.4) is 0 Å². The molecule has 0 aliphatic rings. The van der Waals surface area contributed by atoms with Gasteiger partial charge in [-0.3, -0.25) is 0 Å². The number of fused-ring (bicyclic) bond motifs is 3. The van der Waals surface area contributed by atoms with E-state index in [0.29, 0.717) is 0 Å². The summed E-state index contributed by atoms with van der Waals surface area (Å²) in [5, 5.41) is 4.95. The molecule has 0 radical (unpaired) electrons. The fraction of sp³-hybridized carbons (Fsp3) is 0. The molecule has 0 heterocycles. The summed E-state index contributed by atoms with van der Waals surface area (Å²) < 4.78 is 0. The summed E-state index contributed by atoms with van der Waals surface area (Å²) in [5.74, 6) is 0. The highest BCUT2D eigenvalue weighted by Gasteiger charge is 2.12. The Morgan fingerprint density at radius 2 is 0.720 bits per heavy atom. The Balaban J connectivity index is 1.21. The lowest BCUT2D eigenvalue weighted by Crippen LogP contribution is -1.89. The molecule has 8 rings (SSSR count). The highest BCUT2D eigenvalue weighted by atomic mass is 14.2. The van der Waals surface area contributed by atoms with Gasteiger partial charge in [-0.15, -0.1) is 0 Å². The Morgan fingerprint density at radius 1 is 0.340 bits per heavy atom. The Bertz CT molecular complexity index is 2480. The van der Waals surface area contributed by atoms with E-state index >= 15 is 0 Å². The van der Waals surface area contributed by atoms with Crippen LogP contribution in [0.25, 0.3) is 82.8 Å². The van der Waals surface area contributed by atoms with Gasteiger partial charge in [-0.1, -0.05) is 159 Å². The van der Waals surface area contributed by atoms with Crippen LogP contribution in [0, 0.1) is 0 Å². The molecule has 0 N–H and O–H groups in total. The van der Waals surface area contributed by atoms with Gasteiger partial charge >= 0.3 is 0 Å². The first-order chi connectivity index (χ1) is 24.7. The monoisotopic (exact) mass is 636 g/mol. The summed E-state index contributed by atoms with van der Waals surface area (Å²) in [4.78, 5) is 0. The summed E-state index contributed by atoms with van der Waals surface area (Å²) in [7, 11) is 0. The predicted molar refractivity (Wildman–Crippen MR) is 217 cm³/mol. The van der Waals surface area contributed by atoms with Gasteiger partial charge in [-0.05, 0) is 137 Å². The number of rotatable bonds is 8. The SMILES string of the molecule is C=CC=C(C=C)c1cc(-c2ccccc2)cc(-c2ccc3c(ccc4cc(-c5cc(-c6ccccc6)cc(-c6ccccc6)c5)ccc43)c2)c1. The van der Waals surface area contributed by atoms with E-state index in [9.17, 15) is 0 Å². The van der Waals surface area contributed by atoms with Gasteiger partial charge in [-0.2, -0.15) is 0 Å². The standard InChI is InChI=1S/C50H36/c1-3-14-35(4-2)43-29-44(36-15-8-5-9-16-36)32-47(30-43)39-23-25-49-41(27-39)21-22-42-28-40(24-26-50(42)49)48-33-45(37-17-10-6-11-18-37)31-46(34-48)38-19-12-7-13-20-38/h3-34H,1-2H2. The van der Waals surface area contributed by atoms with Gasteiger partial charge in [0.2, 0.25) is 0 Å². The van der Waals surface area contributed by atoms with E-state index in [2.05, 4.69) is 189 Å². The van der Waals surface area contributed by atoms with Crippen molar-refractivity contribution in [2.45, 2.75) is 0 Å². The molecule has 236 valence electrons. The minimum absolute atomic E-state index is 1.05. The summed E-state index contributed by atoms with van der Waals surface area (Å²) >= 11 is 0. The van der Waals surface area contributed by atoms with E-state index in [0.717, 1.165) is 11.1 Å². The zero-order valence-corrected chi connectivity index (χ0v) is 27.9. The molecule has 0 atom stereocenters. The van der Waals surface area contributed by atoms with Crippen molar-refractivity contribution in [3.8, 4) is 55.6 Å². The zero-order valence-electron chi connectivity index (χ0n) is 27.9. The van der Waals surface area contributed by atoms with Crippen molar-refractivity contribution in [1.29, 1.82) is 0 Å². The lowest BCUT2D eigenvalue weighted by molar-refractivity contribution is 1.56. The van der Waals surface area contributed by atoms with E-state index in [1.54, 1.807) is 0 Å².